The molecule has 1 saturated heterocycles. The van der Waals surface area contributed by atoms with Gasteiger partial charge in [0, 0.05) is 0 Å². The fourth-order valence-electron chi connectivity index (χ4n) is 1.38. The van der Waals surface area contributed by atoms with Crippen LogP contribution in [0.5, 0.6) is 0 Å². The number of rotatable bonds is 2. The predicted molar refractivity (Wildman–Crippen MR) is 50.1 cm³/mol. The van der Waals surface area contributed by atoms with Crippen LogP contribution in [0.2, 0.25) is 0 Å². The molecule has 1 heterocycles. The maximum Gasteiger partial charge on any atom is 0.275 e. The SMILES string of the molecule is O=S(=O)(c1ccccc1)N1CC(F)(F)C1. The molecular weight excluding hydrogens is 224 g/mol. The second kappa shape index (κ2) is 3.24. The quantitative estimate of drug-likeness (QED) is 0.772. The molecule has 0 bridgehead atoms. The molecule has 2 rings (SSSR count). The van der Waals surface area contributed by atoms with E-state index in [9.17, 15) is 17.2 Å². The van der Waals surface area contributed by atoms with E-state index in [-0.39, 0.29) is 4.90 Å². The van der Waals surface area contributed by atoms with Gasteiger partial charge in [-0.1, -0.05) is 18.2 Å². The number of halogens is 2. The minimum atomic E-state index is -3.72. The first-order valence-electron chi connectivity index (χ1n) is 4.35. The molecule has 82 valence electrons. The summed E-state index contributed by atoms with van der Waals surface area (Å²) in [6, 6.07) is 7.58. The largest absolute Gasteiger partial charge is 0.275 e. The van der Waals surface area contributed by atoms with Gasteiger partial charge in [-0.25, -0.2) is 17.2 Å². The molecule has 0 saturated carbocycles. The van der Waals surface area contributed by atoms with E-state index in [1.165, 1.54) is 12.1 Å². The molecule has 0 atom stereocenters. The van der Waals surface area contributed by atoms with Crippen molar-refractivity contribution in [3.8, 4) is 0 Å². The molecule has 0 N–H and O–H groups in total. The third kappa shape index (κ3) is 1.87. The summed E-state index contributed by atoms with van der Waals surface area (Å²) >= 11 is 0. The van der Waals surface area contributed by atoms with Gasteiger partial charge >= 0.3 is 0 Å². The molecule has 1 aromatic rings. The molecule has 15 heavy (non-hydrogen) atoms. The van der Waals surface area contributed by atoms with Crippen molar-refractivity contribution in [3.63, 3.8) is 0 Å². The fraction of sp³-hybridized carbons (Fsp3) is 0.333. The lowest BCUT2D eigenvalue weighted by atomic mass is 10.2. The molecule has 1 aliphatic heterocycles. The van der Waals surface area contributed by atoms with Gasteiger partial charge in [-0.05, 0) is 12.1 Å². The van der Waals surface area contributed by atoms with Crippen molar-refractivity contribution in [1.82, 2.24) is 4.31 Å². The normalized spacial score (nSPS) is 20.9. The van der Waals surface area contributed by atoms with E-state index in [1.54, 1.807) is 18.2 Å². The van der Waals surface area contributed by atoms with Crippen molar-refractivity contribution >= 4 is 10.0 Å². The van der Waals surface area contributed by atoms with E-state index in [0.717, 1.165) is 4.31 Å². The third-order valence-electron chi connectivity index (χ3n) is 2.20. The van der Waals surface area contributed by atoms with Gasteiger partial charge < -0.3 is 0 Å². The van der Waals surface area contributed by atoms with Gasteiger partial charge in [0.25, 0.3) is 5.92 Å². The Labute approximate surface area is 86.4 Å². The number of sulfonamides is 1. The number of hydrogen-bond acceptors (Lipinski definition) is 2. The first kappa shape index (κ1) is 10.5. The van der Waals surface area contributed by atoms with Crippen LogP contribution in [-0.2, 0) is 10.0 Å². The average molecular weight is 233 g/mol. The Kier molecular flexibility index (Phi) is 2.27. The Morgan fingerprint density at radius 3 is 2.13 bits per heavy atom. The van der Waals surface area contributed by atoms with Gasteiger partial charge in [0.1, 0.15) is 0 Å². The molecule has 1 fully saturated rings. The second-order valence-corrected chi connectivity index (χ2v) is 5.38. The van der Waals surface area contributed by atoms with Crippen LogP contribution in [0.3, 0.4) is 0 Å². The lowest BCUT2D eigenvalue weighted by Crippen LogP contribution is -2.58. The lowest BCUT2D eigenvalue weighted by Gasteiger charge is -2.37. The summed E-state index contributed by atoms with van der Waals surface area (Å²) in [4.78, 5) is 0.0560. The van der Waals surface area contributed by atoms with Crippen molar-refractivity contribution in [2.45, 2.75) is 10.8 Å². The van der Waals surface area contributed by atoms with Gasteiger partial charge in [0.05, 0.1) is 18.0 Å². The van der Waals surface area contributed by atoms with Gasteiger partial charge in [0.15, 0.2) is 0 Å². The summed E-state index contributed by atoms with van der Waals surface area (Å²) < 4.78 is 49.2. The molecule has 0 amide bonds. The zero-order valence-corrected chi connectivity index (χ0v) is 8.55. The topological polar surface area (TPSA) is 37.4 Å². The highest BCUT2D eigenvalue weighted by atomic mass is 32.2. The van der Waals surface area contributed by atoms with E-state index in [1.807, 2.05) is 0 Å². The monoisotopic (exact) mass is 233 g/mol. The van der Waals surface area contributed by atoms with E-state index >= 15 is 0 Å². The van der Waals surface area contributed by atoms with Crippen LogP contribution in [-0.4, -0.2) is 31.7 Å². The molecule has 0 spiro atoms. The van der Waals surface area contributed by atoms with E-state index in [0.29, 0.717) is 0 Å². The maximum atomic E-state index is 12.5. The fourth-order valence-corrected chi connectivity index (χ4v) is 2.90. The first-order chi connectivity index (χ1) is 6.92. The summed E-state index contributed by atoms with van der Waals surface area (Å²) in [6.07, 6.45) is 0. The van der Waals surface area contributed by atoms with E-state index in [2.05, 4.69) is 0 Å². The second-order valence-electron chi connectivity index (χ2n) is 3.44. The lowest BCUT2D eigenvalue weighted by molar-refractivity contribution is -0.0945. The molecule has 0 aromatic heterocycles. The smallest absolute Gasteiger partial charge is 0.207 e. The highest BCUT2D eigenvalue weighted by molar-refractivity contribution is 7.89. The van der Waals surface area contributed by atoms with Crippen molar-refractivity contribution in [2.24, 2.45) is 0 Å². The number of nitrogens with zero attached hydrogens (tertiary/aromatic N) is 1. The summed E-state index contributed by atoms with van der Waals surface area (Å²) in [5.41, 5.74) is 0. The number of hydrogen-bond donors (Lipinski definition) is 0. The van der Waals surface area contributed by atoms with Crippen LogP contribution in [0.4, 0.5) is 8.78 Å². The van der Waals surface area contributed by atoms with Crippen LogP contribution in [0, 0.1) is 0 Å². The van der Waals surface area contributed by atoms with Crippen LogP contribution < -0.4 is 0 Å². The Bertz CT molecular complexity index is 450. The van der Waals surface area contributed by atoms with Crippen molar-refractivity contribution in [2.75, 3.05) is 13.1 Å². The summed E-state index contributed by atoms with van der Waals surface area (Å²) in [7, 11) is -3.72. The Morgan fingerprint density at radius 2 is 1.67 bits per heavy atom. The molecule has 1 aliphatic rings. The zero-order valence-electron chi connectivity index (χ0n) is 7.73. The van der Waals surface area contributed by atoms with Crippen LogP contribution in [0.15, 0.2) is 35.2 Å². The highest BCUT2D eigenvalue weighted by Crippen LogP contribution is 2.31. The van der Waals surface area contributed by atoms with Gasteiger partial charge in [-0.2, -0.15) is 4.31 Å². The molecule has 6 heteroatoms. The minimum absolute atomic E-state index is 0.0560. The van der Waals surface area contributed by atoms with Gasteiger partial charge in [0.2, 0.25) is 10.0 Å². The average Bonchev–Trinajstić information content (AvgIpc) is 2.15. The molecule has 0 aliphatic carbocycles. The predicted octanol–water partition coefficient (Wildman–Crippen LogP) is 1.33. The first-order valence-corrected chi connectivity index (χ1v) is 5.79. The highest BCUT2D eigenvalue weighted by Gasteiger charge is 2.49. The Morgan fingerprint density at radius 1 is 1.13 bits per heavy atom. The van der Waals surface area contributed by atoms with Crippen molar-refractivity contribution < 1.29 is 17.2 Å². The molecule has 1 aromatic carbocycles. The number of alkyl halides is 2. The zero-order chi connectivity index (χ0) is 11.1. The standard InChI is InChI=1S/C9H9F2NO2S/c10-9(11)6-12(7-9)15(13,14)8-4-2-1-3-5-8/h1-5H,6-7H2. The Balaban J connectivity index is 2.24. The van der Waals surface area contributed by atoms with Crippen LogP contribution in [0.25, 0.3) is 0 Å². The number of benzene rings is 1. The van der Waals surface area contributed by atoms with Gasteiger partial charge in [-0.3, -0.25) is 0 Å². The van der Waals surface area contributed by atoms with Crippen LogP contribution >= 0.6 is 0 Å². The van der Waals surface area contributed by atoms with Gasteiger partial charge in [-0.15, -0.1) is 0 Å². The summed E-state index contributed by atoms with van der Waals surface area (Å²) in [6.45, 7) is -1.44. The van der Waals surface area contributed by atoms with Crippen LogP contribution in [0.1, 0.15) is 0 Å². The maximum absolute atomic E-state index is 12.5. The van der Waals surface area contributed by atoms with Crippen molar-refractivity contribution in [3.05, 3.63) is 30.3 Å². The minimum Gasteiger partial charge on any atom is -0.207 e. The van der Waals surface area contributed by atoms with E-state index < -0.39 is 29.0 Å². The van der Waals surface area contributed by atoms with Crippen molar-refractivity contribution in [1.29, 1.82) is 0 Å². The molecular formula is C9H9F2NO2S. The molecule has 0 radical (unpaired) electrons. The summed E-state index contributed by atoms with van der Waals surface area (Å²) in [5, 5.41) is 0. The third-order valence-corrected chi connectivity index (χ3v) is 4.00. The Hall–Kier alpha value is -1.01. The molecule has 0 unspecified atom stereocenters. The van der Waals surface area contributed by atoms with E-state index in [4.69, 9.17) is 0 Å². The summed E-state index contributed by atoms with van der Waals surface area (Å²) in [5.74, 6) is -2.87. The molecule has 3 nitrogen and oxygen atoms in total.